The molecule has 0 aromatic carbocycles. The molecule has 0 spiro atoms. The van der Waals surface area contributed by atoms with E-state index >= 15 is 0 Å². The van der Waals surface area contributed by atoms with Gasteiger partial charge in [-0.1, -0.05) is 6.92 Å². The van der Waals surface area contributed by atoms with E-state index in [4.69, 9.17) is 4.74 Å². The van der Waals surface area contributed by atoms with Crippen LogP contribution < -0.4 is 0 Å². The Morgan fingerprint density at radius 2 is 2.53 bits per heavy atom. The average Bonchev–Trinajstić information content (AvgIpc) is 2.77. The number of nitrogens with zero attached hydrogens (tertiary/aromatic N) is 2. The Labute approximate surface area is 89.9 Å². The highest BCUT2D eigenvalue weighted by molar-refractivity contribution is 5.15. The third-order valence-corrected chi connectivity index (χ3v) is 3.12. The third kappa shape index (κ3) is 1.68. The number of rotatable bonds is 3. The standard InChI is InChI=1S/C11H18N2O2/c1-3-7-13-10(4-6-12-13)11(14)5-8-15-9(11)2/h4,6,9,14H,3,5,7-8H2,1-2H3. The van der Waals surface area contributed by atoms with Gasteiger partial charge in [-0.15, -0.1) is 0 Å². The zero-order chi connectivity index (χ0) is 10.9. The van der Waals surface area contributed by atoms with Crippen LogP contribution in [0.25, 0.3) is 0 Å². The first kappa shape index (κ1) is 10.6. The Morgan fingerprint density at radius 1 is 1.73 bits per heavy atom. The summed E-state index contributed by atoms with van der Waals surface area (Å²) in [6, 6.07) is 1.89. The first-order valence-electron chi connectivity index (χ1n) is 5.54. The maximum atomic E-state index is 10.5. The molecule has 2 unspecified atom stereocenters. The zero-order valence-corrected chi connectivity index (χ0v) is 9.31. The number of aromatic nitrogens is 2. The van der Waals surface area contributed by atoms with Gasteiger partial charge < -0.3 is 9.84 Å². The molecule has 0 saturated carbocycles. The summed E-state index contributed by atoms with van der Waals surface area (Å²) in [5.74, 6) is 0. The minimum Gasteiger partial charge on any atom is -0.381 e. The molecule has 15 heavy (non-hydrogen) atoms. The van der Waals surface area contributed by atoms with Crippen molar-refractivity contribution >= 4 is 0 Å². The molecule has 4 nitrogen and oxygen atoms in total. The van der Waals surface area contributed by atoms with Crippen LogP contribution in [0.1, 0.15) is 32.4 Å². The normalized spacial score (nSPS) is 31.0. The molecule has 0 radical (unpaired) electrons. The highest BCUT2D eigenvalue weighted by Gasteiger charge is 2.43. The van der Waals surface area contributed by atoms with Crippen molar-refractivity contribution in [2.24, 2.45) is 0 Å². The van der Waals surface area contributed by atoms with Crippen LogP contribution >= 0.6 is 0 Å². The number of ether oxygens (including phenoxy) is 1. The molecule has 0 bridgehead atoms. The lowest BCUT2D eigenvalue weighted by molar-refractivity contribution is -0.0378. The van der Waals surface area contributed by atoms with Gasteiger partial charge in [-0.2, -0.15) is 5.10 Å². The number of hydrogen-bond acceptors (Lipinski definition) is 3. The highest BCUT2D eigenvalue weighted by Crippen LogP contribution is 2.35. The smallest absolute Gasteiger partial charge is 0.134 e. The molecule has 84 valence electrons. The summed E-state index contributed by atoms with van der Waals surface area (Å²) in [5.41, 5.74) is 0.0282. The van der Waals surface area contributed by atoms with E-state index in [2.05, 4.69) is 12.0 Å². The number of aryl methyl sites for hydroxylation is 1. The SMILES string of the molecule is CCCn1nccc1C1(O)CCOC1C. The molecule has 4 heteroatoms. The van der Waals surface area contributed by atoms with Crippen LogP contribution in [0.15, 0.2) is 12.3 Å². The molecule has 1 saturated heterocycles. The first-order valence-corrected chi connectivity index (χ1v) is 5.54. The second-order valence-electron chi connectivity index (χ2n) is 4.13. The molecular weight excluding hydrogens is 192 g/mol. The van der Waals surface area contributed by atoms with E-state index < -0.39 is 5.60 Å². The topological polar surface area (TPSA) is 47.3 Å². The van der Waals surface area contributed by atoms with Crippen molar-refractivity contribution in [3.63, 3.8) is 0 Å². The maximum absolute atomic E-state index is 10.5. The Kier molecular flexibility index (Phi) is 2.80. The molecule has 2 rings (SSSR count). The Balaban J connectivity index is 2.31. The predicted molar refractivity (Wildman–Crippen MR) is 56.4 cm³/mol. The first-order chi connectivity index (χ1) is 7.18. The minimum atomic E-state index is -0.855. The van der Waals surface area contributed by atoms with Gasteiger partial charge in [-0.3, -0.25) is 4.68 Å². The lowest BCUT2D eigenvalue weighted by Crippen LogP contribution is -2.35. The van der Waals surface area contributed by atoms with Crippen LogP contribution in [0.2, 0.25) is 0 Å². The Bertz CT molecular complexity index is 337. The van der Waals surface area contributed by atoms with Crippen molar-refractivity contribution in [3.05, 3.63) is 18.0 Å². The van der Waals surface area contributed by atoms with Crippen LogP contribution in [0.5, 0.6) is 0 Å². The Hall–Kier alpha value is -0.870. The zero-order valence-electron chi connectivity index (χ0n) is 9.31. The lowest BCUT2D eigenvalue weighted by Gasteiger charge is -2.26. The van der Waals surface area contributed by atoms with Gasteiger partial charge >= 0.3 is 0 Å². The summed E-state index contributed by atoms with van der Waals surface area (Å²) in [7, 11) is 0. The van der Waals surface area contributed by atoms with Gasteiger partial charge in [0.1, 0.15) is 5.60 Å². The molecule has 1 aromatic heterocycles. The van der Waals surface area contributed by atoms with Crippen LogP contribution in [0.4, 0.5) is 0 Å². The summed E-state index contributed by atoms with van der Waals surface area (Å²) in [6.45, 7) is 5.48. The molecule has 2 atom stereocenters. The van der Waals surface area contributed by atoms with Gasteiger partial charge in [0.05, 0.1) is 18.4 Å². The third-order valence-electron chi connectivity index (χ3n) is 3.12. The van der Waals surface area contributed by atoms with Crippen molar-refractivity contribution in [2.75, 3.05) is 6.61 Å². The highest BCUT2D eigenvalue weighted by atomic mass is 16.5. The molecule has 1 N–H and O–H groups in total. The molecule has 1 aliphatic rings. The second-order valence-corrected chi connectivity index (χ2v) is 4.13. The van der Waals surface area contributed by atoms with Crippen molar-refractivity contribution in [3.8, 4) is 0 Å². The average molecular weight is 210 g/mol. The fraction of sp³-hybridized carbons (Fsp3) is 0.727. The summed E-state index contributed by atoms with van der Waals surface area (Å²) < 4.78 is 7.31. The monoisotopic (exact) mass is 210 g/mol. The fourth-order valence-corrected chi connectivity index (χ4v) is 2.16. The number of aliphatic hydroxyl groups is 1. The van der Waals surface area contributed by atoms with Gasteiger partial charge in [0.2, 0.25) is 0 Å². The van der Waals surface area contributed by atoms with Crippen molar-refractivity contribution in [1.29, 1.82) is 0 Å². The lowest BCUT2D eigenvalue weighted by atomic mass is 9.92. The van der Waals surface area contributed by atoms with Gasteiger partial charge in [-0.25, -0.2) is 0 Å². The summed E-state index contributed by atoms with van der Waals surface area (Å²) in [4.78, 5) is 0. The fourth-order valence-electron chi connectivity index (χ4n) is 2.16. The number of hydrogen-bond donors (Lipinski definition) is 1. The predicted octanol–water partition coefficient (Wildman–Crippen LogP) is 1.29. The second kappa shape index (κ2) is 3.94. The van der Waals surface area contributed by atoms with Crippen molar-refractivity contribution in [2.45, 2.75) is 44.9 Å². The molecule has 0 amide bonds. The van der Waals surface area contributed by atoms with Crippen LogP contribution in [0, 0.1) is 0 Å². The van der Waals surface area contributed by atoms with Crippen molar-refractivity contribution in [1.82, 2.24) is 9.78 Å². The molecule has 1 fully saturated rings. The van der Waals surface area contributed by atoms with Gasteiger partial charge in [0, 0.05) is 19.2 Å². The van der Waals surface area contributed by atoms with Gasteiger partial charge in [0.15, 0.2) is 0 Å². The van der Waals surface area contributed by atoms with E-state index in [1.54, 1.807) is 6.20 Å². The van der Waals surface area contributed by atoms with E-state index in [-0.39, 0.29) is 6.10 Å². The molecule has 1 aliphatic heterocycles. The maximum Gasteiger partial charge on any atom is 0.134 e. The molecular formula is C11H18N2O2. The van der Waals surface area contributed by atoms with Crippen LogP contribution in [-0.2, 0) is 16.9 Å². The summed E-state index contributed by atoms with van der Waals surface area (Å²) >= 11 is 0. The Morgan fingerprint density at radius 3 is 3.13 bits per heavy atom. The summed E-state index contributed by atoms with van der Waals surface area (Å²) in [6.07, 6.45) is 3.27. The minimum absolute atomic E-state index is 0.148. The quantitative estimate of drug-likeness (QED) is 0.817. The molecule has 0 aliphatic carbocycles. The van der Waals surface area contributed by atoms with E-state index in [9.17, 15) is 5.11 Å². The van der Waals surface area contributed by atoms with Gasteiger partial charge in [-0.05, 0) is 19.4 Å². The molecule has 2 heterocycles. The van der Waals surface area contributed by atoms with Crippen LogP contribution in [0.3, 0.4) is 0 Å². The van der Waals surface area contributed by atoms with Crippen molar-refractivity contribution < 1.29 is 9.84 Å². The largest absolute Gasteiger partial charge is 0.381 e. The van der Waals surface area contributed by atoms with Crippen LogP contribution in [-0.4, -0.2) is 27.6 Å². The van der Waals surface area contributed by atoms with E-state index in [1.165, 1.54) is 0 Å². The summed E-state index contributed by atoms with van der Waals surface area (Å²) in [5, 5.41) is 14.8. The molecule has 1 aromatic rings. The van der Waals surface area contributed by atoms with E-state index in [0.29, 0.717) is 13.0 Å². The van der Waals surface area contributed by atoms with E-state index in [0.717, 1.165) is 18.7 Å². The van der Waals surface area contributed by atoms with Gasteiger partial charge in [0.25, 0.3) is 0 Å². The van der Waals surface area contributed by atoms with E-state index in [1.807, 2.05) is 17.7 Å².